The van der Waals surface area contributed by atoms with E-state index in [4.69, 9.17) is 9.47 Å². The van der Waals surface area contributed by atoms with Gasteiger partial charge in [-0.1, -0.05) is 18.2 Å². The molecule has 0 fully saturated rings. The molecule has 26 heavy (non-hydrogen) atoms. The molecule has 2 amide bonds. The average molecular weight is 354 g/mol. The highest BCUT2D eigenvalue weighted by Gasteiger charge is 2.18. The number of benzene rings is 2. The molecule has 1 N–H and O–H groups in total. The summed E-state index contributed by atoms with van der Waals surface area (Å²) in [5.41, 5.74) is 3.53. The molecule has 1 aliphatic rings. The Morgan fingerprint density at radius 1 is 1.08 bits per heavy atom. The van der Waals surface area contributed by atoms with E-state index < -0.39 is 0 Å². The first-order valence-electron chi connectivity index (χ1n) is 8.49. The average Bonchev–Trinajstić information content (AvgIpc) is 3.04. The first kappa shape index (κ1) is 17.8. The van der Waals surface area contributed by atoms with Gasteiger partial charge in [0.25, 0.3) is 0 Å². The van der Waals surface area contributed by atoms with Gasteiger partial charge in [-0.25, -0.2) is 0 Å². The number of nitrogens with one attached hydrogen (secondary N) is 1. The van der Waals surface area contributed by atoms with E-state index in [0.29, 0.717) is 23.7 Å². The zero-order valence-electron chi connectivity index (χ0n) is 15.2. The summed E-state index contributed by atoms with van der Waals surface area (Å²) in [4.78, 5) is 26.1. The highest BCUT2D eigenvalue weighted by molar-refractivity contribution is 5.96. The van der Waals surface area contributed by atoms with Crippen LogP contribution >= 0.6 is 0 Å². The zero-order chi connectivity index (χ0) is 18.7. The lowest BCUT2D eigenvalue weighted by Crippen LogP contribution is -2.33. The molecular formula is C20H22N2O4. The van der Waals surface area contributed by atoms with Crippen LogP contribution < -0.4 is 19.7 Å². The minimum absolute atomic E-state index is 0.0849. The Bertz CT molecular complexity index is 827. The van der Waals surface area contributed by atoms with Crippen molar-refractivity contribution in [1.82, 2.24) is 0 Å². The molecule has 0 spiro atoms. The van der Waals surface area contributed by atoms with Crippen LogP contribution in [0.2, 0.25) is 0 Å². The van der Waals surface area contributed by atoms with Crippen LogP contribution in [0.25, 0.3) is 0 Å². The molecule has 6 heteroatoms. The third-order valence-electron chi connectivity index (χ3n) is 4.31. The number of nitrogens with zero attached hydrogens (tertiary/aromatic N) is 1. The lowest BCUT2D eigenvalue weighted by molar-refractivity contribution is -0.117. The molecule has 0 saturated heterocycles. The van der Waals surface area contributed by atoms with Crippen LogP contribution in [0.15, 0.2) is 36.4 Å². The number of hydrogen-bond donors (Lipinski definition) is 1. The molecule has 0 radical (unpaired) electrons. The van der Waals surface area contributed by atoms with Crippen molar-refractivity contribution < 1.29 is 19.1 Å². The molecular weight excluding hydrogens is 332 g/mol. The van der Waals surface area contributed by atoms with Gasteiger partial charge in [-0.3, -0.25) is 9.59 Å². The Morgan fingerprint density at radius 3 is 2.46 bits per heavy atom. The third-order valence-corrected chi connectivity index (χ3v) is 4.31. The van der Waals surface area contributed by atoms with E-state index in [1.165, 1.54) is 6.92 Å². The number of anilines is 2. The molecule has 0 aromatic heterocycles. The highest BCUT2D eigenvalue weighted by atomic mass is 16.7. The number of para-hydroxylation sites is 1. The summed E-state index contributed by atoms with van der Waals surface area (Å²) in [6.45, 7) is 5.95. The fourth-order valence-corrected chi connectivity index (χ4v) is 3.07. The Hall–Kier alpha value is -3.02. The Labute approximate surface area is 152 Å². The van der Waals surface area contributed by atoms with Crippen molar-refractivity contribution in [2.45, 2.75) is 27.2 Å². The molecule has 6 nitrogen and oxygen atoms in total. The molecule has 0 saturated carbocycles. The smallest absolute Gasteiger partial charge is 0.231 e. The van der Waals surface area contributed by atoms with Gasteiger partial charge in [-0.05, 0) is 37.1 Å². The number of fused-ring (bicyclic) bond motifs is 1. The first-order chi connectivity index (χ1) is 12.5. The fraction of sp³-hybridized carbons (Fsp3) is 0.300. The summed E-state index contributed by atoms with van der Waals surface area (Å²) in [7, 11) is 0. The van der Waals surface area contributed by atoms with Crippen molar-refractivity contribution >= 4 is 23.2 Å². The van der Waals surface area contributed by atoms with E-state index in [1.54, 1.807) is 23.1 Å². The van der Waals surface area contributed by atoms with Crippen LogP contribution in [0.1, 0.15) is 24.5 Å². The SMILES string of the molecule is CC(=O)N(CCC(=O)Nc1ccc2c(c1)OCO2)c1c(C)cccc1C. The zero-order valence-corrected chi connectivity index (χ0v) is 15.2. The van der Waals surface area contributed by atoms with Crippen LogP contribution in [-0.4, -0.2) is 25.2 Å². The number of carbonyl (C=O) groups excluding carboxylic acids is 2. The highest BCUT2D eigenvalue weighted by Crippen LogP contribution is 2.34. The molecule has 0 unspecified atom stereocenters. The lowest BCUT2D eigenvalue weighted by atomic mass is 10.1. The second-order valence-electron chi connectivity index (χ2n) is 6.28. The third kappa shape index (κ3) is 3.79. The normalized spacial score (nSPS) is 12.0. The van der Waals surface area contributed by atoms with Gasteiger partial charge in [0, 0.05) is 37.3 Å². The van der Waals surface area contributed by atoms with Crippen molar-refractivity contribution in [2.24, 2.45) is 0 Å². The standard InChI is InChI=1S/C20H22N2O4/c1-13-5-4-6-14(2)20(13)22(15(3)23)10-9-19(24)21-16-7-8-17-18(11-16)26-12-25-17/h4-8,11H,9-10,12H2,1-3H3,(H,21,24). The van der Waals surface area contributed by atoms with Crippen molar-refractivity contribution in [2.75, 3.05) is 23.6 Å². The minimum atomic E-state index is -0.165. The van der Waals surface area contributed by atoms with Gasteiger partial charge >= 0.3 is 0 Å². The van der Waals surface area contributed by atoms with E-state index in [-0.39, 0.29) is 25.0 Å². The molecule has 0 atom stereocenters. The van der Waals surface area contributed by atoms with E-state index in [1.807, 2.05) is 32.0 Å². The predicted molar refractivity (Wildman–Crippen MR) is 99.8 cm³/mol. The number of ether oxygens (including phenoxy) is 2. The number of rotatable bonds is 5. The summed E-state index contributed by atoms with van der Waals surface area (Å²) in [5, 5.41) is 2.83. The minimum Gasteiger partial charge on any atom is -0.454 e. The van der Waals surface area contributed by atoms with Crippen LogP contribution in [0.3, 0.4) is 0 Å². The van der Waals surface area contributed by atoms with Gasteiger partial charge in [0.1, 0.15) is 0 Å². The summed E-state index contributed by atoms with van der Waals surface area (Å²) in [6, 6.07) is 11.1. The second-order valence-corrected chi connectivity index (χ2v) is 6.28. The van der Waals surface area contributed by atoms with E-state index in [0.717, 1.165) is 16.8 Å². The summed E-state index contributed by atoms with van der Waals surface area (Å²) >= 11 is 0. The van der Waals surface area contributed by atoms with Gasteiger partial charge in [0.15, 0.2) is 11.5 Å². The molecule has 136 valence electrons. The maximum absolute atomic E-state index is 12.3. The lowest BCUT2D eigenvalue weighted by Gasteiger charge is -2.25. The van der Waals surface area contributed by atoms with Crippen molar-refractivity contribution in [1.29, 1.82) is 0 Å². The van der Waals surface area contributed by atoms with Crippen LogP contribution in [0.5, 0.6) is 11.5 Å². The summed E-state index contributed by atoms with van der Waals surface area (Å²) in [6.07, 6.45) is 0.196. The molecule has 0 bridgehead atoms. The molecule has 0 aliphatic carbocycles. The number of carbonyl (C=O) groups is 2. The fourth-order valence-electron chi connectivity index (χ4n) is 3.07. The van der Waals surface area contributed by atoms with Crippen LogP contribution in [0, 0.1) is 13.8 Å². The van der Waals surface area contributed by atoms with E-state index in [9.17, 15) is 9.59 Å². The topological polar surface area (TPSA) is 67.9 Å². The molecule has 2 aromatic rings. The van der Waals surface area contributed by atoms with Crippen LogP contribution in [0.4, 0.5) is 11.4 Å². The molecule has 1 aliphatic heterocycles. The Balaban J connectivity index is 1.66. The second kappa shape index (κ2) is 7.47. The first-order valence-corrected chi connectivity index (χ1v) is 8.49. The number of amides is 2. The van der Waals surface area contributed by atoms with Gasteiger partial charge in [-0.15, -0.1) is 0 Å². The van der Waals surface area contributed by atoms with Crippen molar-refractivity contribution in [3.8, 4) is 11.5 Å². The summed E-state index contributed by atoms with van der Waals surface area (Å²) < 4.78 is 10.6. The quantitative estimate of drug-likeness (QED) is 0.893. The largest absolute Gasteiger partial charge is 0.454 e. The van der Waals surface area contributed by atoms with E-state index in [2.05, 4.69) is 5.32 Å². The predicted octanol–water partition coefficient (Wildman–Crippen LogP) is 3.41. The maximum Gasteiger partial charge on any atom is 0.231 e. The Kier molecular flexibility index (Phi) is 5.11. The van der Waals surface area contributed by atoms with Gasteiger partial charge < -0.3 is 19.7 Å². The van der Waals surface area contributed by atoms with Crippen LogP contribution in [-0.2, 0) is 9.59 Å². The van der Waals surface area contributed by atoms with Crippen molar-refractivity contribution in [3.63, 3.8) is 0 Å². The Morgan fingerprint density at radius 2 is 1.77 bits per heavy atom. The van der Waals surface area contributed by atoms with Crippen molar-refractivity contribution in [3.05, 3.63) is 47.5 Å². The number of hydrogen-bond acceptors (Lipinski definition) is 4. The van der Waals surface area contributed by atoms with E-state index >= 15 is 0 Å². The van der Waals surface area contributed by atoms with Gasteiger partial charge in [-0.2, -0.15) is 0 Å². The number of aryl methyl sites for hydroxylation is 2. The monoisotopic (exact) mass is 354 g/mol. The molecule has 3 rings (SSSR count). The summed E-state index contributed by atoms with van der Waals surface area (Å²) in [5.74, 6) is 1.03. The van der Waals surface area contributed by atoms with Gasteiger partial charge in [0.2, 0.25) is 18.6 Å². The van der Waals surface area contributed by atoms with Gasteiger partial charge in [0.05, 0.1) is 0 Å². The maximum atomic E-state index is 12.3. The molecule has 2 aromatic carbocycles. The molecule has 1 heterocycles.